The predicted octanol–water partition coefficient (Wildman–Crippen LogP) is 0.435. The van der Waals surface area contributed by atoms with Crippen LogP contribution in [-0.2, 0) is 9.53 Å². The number of hydrogen-bond donors (Lipinski definition) is 1. The minimum atomic E-state index is -0.697. The molecule has 2 atom stereocenters. The molecule has 1 amide bonds. The fourth-order valence-electron chi connectivity index (χ4n) is 2.14. The van der Waals surface area contributed by atoms with Crippen molar-refractivity contribution in [2.24, 2.45) is 0 Å². The van der Waals surface area contributed by atoms with E-state index in [0.717, 1.165) is 0 Å². The summed E-state index contributed by atoms with van der Waals surface area (Å²) >= 11 is 0. The Morgan fingerprint density at radius 2 is 2.00 bits per heavy atom. The van der Waals surface area contributed by atoms with Crippen LogP contribution in [0.5, 0.6) is 0 Å². The summed E-state index contributed by atoms with van der Waals surface area (Å²) in [4.78, 5) is 25.2. The van der Waals surface area contributed by atoms with E-state index in [1.165, 1.54) is 12.0 Å². The summed E-state index contributed by atoms with van der Waals surface area (Å²) in [5, 5.41) is 9.61. The Balaban J connectivity index is 2.21. The largest absolute Gasteiger partial charge is 0.467 e. The molecular formula is C13H15NO4. The summed E-state index contributed by atoms with van der Waals surface area (Å²) < 4.78 is 4.65. The molecule has 0 spiro atoms. The van der Waals surface area contributed by atoms with Crippen molar-refractivity contribution in [1.29, 1.82) is 0 Å². The number of nitrogens with zero attached hydrogens (tertiary/aromatic N) is 1. The molecule has 1 aliphatic rings. The molecule has 1 fully saturated rings. The number of aliphatic hydroxyl groups excluding tert-OH is 1. The van der Waals surface area contributed by atoms with Gasteiger partial charge in [0.15, 0.2) is 0 Å². The number of rotatable bonds is 2. The average molecular weight is 249 g/mol. The van der Waals surface area contributed by atoms with Crippen LogP contribution in [0.3, 0.4) is 0 Å². The summed E-state index contributed by atoms with van der Waals surface area (Å²) in [6, 6.07) is 7.99. The molecule has 5 heteroatoms. The number of aliphatic hydroxyl groups is 1. The summed E-state index contributed by atoms with van der Waals surface area (Å²) in [6.07, 6.45) is -0.451. The first-order valence-electron chi connectivity index (χ1n) is 5.75. The third kappa shape index (κ3) is 2.36. The molecular weight excluding hydrogens is 234 g/mol. The van der Waals surface area contributed by atoms with Gasteiger partial charge in [-0.05, 0) is 12.1 Å². The molecule has 96 valence electrons. The maximum absolute atomic E-state index is 12.2. The summed E-state index contributed by atoms with van der Waals surface area (Å²) in [5.74, 6) is -0.751. The highest BCUT2D eigenvalue weighted by Gasteiger charge is 2.39. The van der Waals surface area contributed by atoms with Gasteiger partial charge in [0.25, 0.3) is 5.91 Å². The third-order valence-electron chi connectivity index (χ3n) is 3.03. The first kappa shape index (κ1) is 12.6. The SMILES string of the molecule is COC(=O)[C@@H]1C[C@@H](O)CN1C(=O)c1ccccc1. The Labute approximate surface area is 105 Å². The molecule has 0 aromatic heterocycles. The second kappa shape index (κ2) is 5.18. The van der Waals surface area contributed by atoms with E-state index in [2.05, 4.69) is 4.74 Å². The Kier molecular flexibility index (Phi) is 3.62. The van der Waals surface area contributed by atoms with Crippen molar-refractivity contribution in [3.05, 3.63) is 35.9 Å². The molecule has 1 saturated heterocycles. The second-order valence-electron chi connectivity index (χ2n) is 4.25. The Morgan fingerprint density at radius 3 is 2.61 bits per heavy atom. The van der Waals surface area contributed by atoms with Crippen molar-refractivity contribution in [3.8, 4) is 0 Å². The van der Waals surface area contributed by atoms with Gasteiger partial charge >= 0.3 is 5.97 Å². The Bertz CT molecular complexity index is 446. The highest BCUT2D eigenvalue weighted by molar-refractivity contribution is 5.97. The number of esters is 1. The Hall–Kier alpha value is -1.88. The lowest BCUT2D eigenvalue weighted by molar-refractivity contribution is -0.145. The smallest absolute Gasteiger partial charge is 0.328 e. The van der Waals surface area contributed by atoms with Gasteiger partial charge in [-0.1, -0.05) is 18.2 Å². The molecule has 5 nitrogen and oxygen atoms in total. The van der Waals surface area contributed by atoms with Crippen molar-refractivity contribution >= 4 is 11.9 Å². The lowest BCUT2D eigenvalue weighted by atomic mass is 10.1. The summed E-state index contributed by atoms with van der Waals surface area (Å²) in [6.45, 7) is 0.160. The molecule has 0 unspecified atom stereocenters. The number of amides is 1. The Morgan fingerprint density at radius 1 is 1.33 bits per heavy atom. The molecule has 1 heterocycles. The van der Waals surface area contributed by atoms with Crippen molar-refractivity contribution in [1.82, 2.24) is 4.90 Å². The van der Waals surface area contributed by atoms with E-state index < -0.39 is 18.1 Å². The molecule has 1 aliphatic heterocycles. The zero-order valence-electron chi connectivity index (χ0n) is 10.1. The number of ether oxygens (including phenoxy) is 1. The van der Waals surface area contributed by atoms with Gasteiger partial charge in [0.2, 0.25) is 0 Å². The van der Waals surface area contributed by atoms with Gasteiger partial charge in [-0.25, -0.2) is 4.79 Å². The minimum absolute atomic E-state index is 0.160. The number of methoxy groups -OCH3 is 1. The van der Waals surface area contributed by atoms with Crippen molar-refractivity contribution < 1.29 is 19.4 Å². The molecule has 0 saturated carbocycles. The summed E-state index contributed by atoms with van der Waals surface area (Å²) in [7, 11) is 1.28. The quantitative estimate of drug-likeness (QED) is 0.772. The van der Waals surface area contributed by atoms with Gasteiger partial charge < -0.3 is 14.7 Å². The van der Waals surface area contributed by atoms with Crippen LogP contribution in [0.2, 0.25) is 0 Å². The lowest BCUT2D eigenvalue weighted by Gasteiger charge is -2.22. The van der Waals surface area contributed by atoms with E-state index in [4.69, 9.17) is 0 Å². The van der Waals surface area contributed by atoms with Crippen LogP contribution in [0.4, 0.5) is 0 Å². The third-order valence-corrected chi connectivity index (χ3v) is 3.03. The fraction of sp³-hybridized carbons (Fsp3) is 0.385. The molecule has 0 radical (unpaired) electrons. The zero-order chi connectivity index (χ0) is 13.1. The molecule has 1 N–H and O–H groups in total. The van der Waals surface area contributed by atoms with E-state index >= 15 is 0 Å². The van der Waals surface area contributed by atoms with Crippen LogP contribution in [0.25, 0.3) is 0 Å². The number of likely N-dealkylation sites (tertiary alicyclic amines) is 1. The number of hydrogen-bond acceptors (Lipinski definition) is 4. The van der Waals surface area contributed by atoms with E-state index in [1.807, 2.05) is 6.07 Å². The first-order chi connectivity index (χ1) is 8.63. The number of carbonyl (C=O) groups excluding carboxylic acids is 2. The first-order valence-corrected chi connectivity index (χ1v) is 5.75. The molecule has 1 aromatic rings. The van der Waals surface area contributed by atoms with Gasteiger partial charge in [0, 0.05) is 18.5 Å². The van der Waals surface area contributed by atoms with Gasteiger partial charge in [-0.3, -0.25) is 4.79 Å². The molecule has 0 aliphatic carbocycles. The second-order valence-corrected chi connectivity index (χ2v) is 4.25. The van der Waals surface area contributed by atoms with Crippen LogP contribution in [0, 0.1) is 0 Å². The monoisotopic (exact) mass is 249 g/mol. The van der Waals surface area contributed by atoms with Gasteiger partial charge in [0.1, 0.15) is 6.04 Å². The molecule has 0 bridgehead atoms. The topological polar surface area (TPSA) is 66.8 Å². The minimum Gasteiger partial charge on any atom is -0.467 e. The van der Waals surface area contributed by atoms with Crippen LogP contribution < -0.4 is 0 Å². The van der Waals surface area contributed by atoms with E-state index in [-0.39, 0.29) is 18.9 Å². The van der Waals surface area contributed by atoms with Crippen molar-refractivity contribution in [2.45, 2.75) is 18.6 Å². The average Bonchev–Trinajstić information content (AvgIpc) is 2.80. The normalized spacial score (nSPS) is 22.9. The van der Waals surface area contributed by atoms with Gasteiger partial charge in [-0.15, -0.1) is 0 Å². The zero-order valence-corrected chi connectivity index (χ0v) is 10.1. The predicted molar refractivity (Wildman–Crippen MR) is 63.9 cm³/mol. The van der Waals surface area contributed by atoms with Crippen LogP contribution >= 0.6 is 0 Å². The maximum Gasteiger partial charge on any atom is 0.328 e. The number of β-amino-alcohol motifs (C(OH)–C–C–N with tert-alkyl or cyclic N) is 1. The van der Waals surface area contributed by atoms with Crippen LogP contribution in [0.1, 0.15) is 16.8 Å². The summed E-state index contributed by atoms with van der Waals surface area (Å²) in [5.41, 5.74) is 0.500. The van der Waals surface area contributed by atoms with E-state index in [9.17, 15) is 14.7 Å². The van der Waals surface area contributed by atoms with E-state index in [0.29, 0.717) is 5.56 Å². The lowest BCUT2D eigenvalue weighted by Crippen LogP contribution is -2.41. The van der Waals surface area contributed by atoms with Crippen LogP contribution in [0.15, 0.2) is 30.3 Å². The van der Waals surface area contributed by atoms with Gasteiger partial charge in [0.05, 0.1) is 13.2 Å². The fourth-order valence-corrected chi connectivity index (χ4v) is 2.14. The molecule has 1 aromatic carbocycles. The van der Waals surface area contributed by atoms with Crippen molar-refractivity contribution in [2.75, 3.05) is 13.7 Å². The maximum atomic E-state index is 12.2. The standard InChI is InChI=1S/C13H15NO4/c1-18-13(17)11-7-10(15)8-14(11)12(16)9-5-3-2-4-6-9/h2-6,10-11,15H,7-8H2,1H3/t10-,11+/m1/s1. The van der Waals surface area contributed by atoms with Crippen molar-refractivity contribution in [3.63, 3.8) is 0 Å². The number of carbonyl (C=O) groups is 2. The molecule has 18 heavy (non-hydrogen) atoms. The molecule has 2 rings (SSSR count). The highest BCUT2D eigenvalue weighted by Crippen LogP contribution is 2.21. The van der Waals surface area contributed by atoms with Gasteiger partial charge in [-0.2, -0.15) is 0 Å². The number of benzene rings is 1. The van der Waals surface area contributed by atoms with E-state index in [1.54, 1.807) is 24.3 Å². The highest BCUT2D eigenvalue weighted by atomic mass is 16.5. The van der Waals surface area contributed by atoms with Crippen LogP contribution in [-0.4, -0.2) is 47.7 Å².